The van der Waals surface area contributed by atoms with Crippen LogP contribution in [0.1, 0.15) is 26.2 Å². The minimum Gasteiger partial charge on any atom is -0.304 e. The summed E-state index contributed by atoms with van der Waals surface area (Å²) in [7, 11) is 2.23. The molecule has 1 saturated heterocycles. The summed E-state index contributed by atoms with van der Waals surface area (Å²) in [5.41, 5.74) is 0.615. The van der Waals surface area contributed by atoms with Gasteiger partial charge in [-0.3, -0.25) is 4.90 Å². The Hall–Kier alpha value is 0.400. The van der Waals surface area contributed by atoms with E-state index in [1.165, 1.54) is 50.8 Å². The van der Waals surface area contributed by atoms with Gasteiger partial charge >= 0.3 is 0 Å². The molecule has 2 rings (SSSR count). The van der Waals surface area contributed by atoms with Crippen LogP contribution in [0.15, 0.2) is 0 Å². The van der Waals surface area contributed by atoms with Crippen molar-refractivity contribution in [2.45, 2.75) is 32.2 Å². The quantitative estimate of drug-likeness (QED) is 0.728. The van der Waals surface area contributed by atoms with Gasteiger partial charge in [0.25, 0.3) is 0 Å². The highest BCUT2D eigenvalue weighted by molar-refractivity contribution is 9.09. The highest BCUT2D eigenvalue weighted by Crippen LogP contribution is 2.43. The molecular formula is C12H23BrN2. The van der Waals surface area contributed by atoms with Crippen LogP contribution in [-0.2, 0) is 0 Å². The molecule has 1 saturated carbocycles. The predicted molar refractivity (Wildman–Crippen MR) is 68.6 cm³/mol. The van der Waals surface area contributed by atoms with Gasteiger partial charge in [-0.2, -0.15) is 0 Å². The second-order valence-corrected chi connectivity index (χ2v) is 6.13. The number of halogens is 1. The summed E-state index contributed by atoms with van der Waals surface area (Å²) in [6.07, 6.45) is 4.29. The smallest absolute Gasteiger partial charge is 0.0195 e. The van der Waals surface area contributed by atoms with E-state index >= 15 is 0 Å². The zero-order chi connectivity index (χ0) is 10.9. The maximum atomic E-state index is 3.70. The Labute approximate surface area is 102 Å². The van der Waals surface area contributed by atoms with Crippen LogP contribution in [-0.4, -0.2) is 54.4 Å². The molecule has 2 fully saturated rings. The lowest BCUT2D eigenvalue weighted by molar-refractivity contribution is 0.0298. The lowest BCUT2D eigenvalue weighted by atomic mass is 9.70. The SMILES string of the molecule is CC1CN(C)CCN1CC1(CBr)CCC1. The molecule has 1 aliphatic heterocycles. The summed E-state index contributed by atoms with van der Waals surface area (Å²) < 4.78 is 0. The van der Waals surface area contributed by atoms with Crippen LogP contribution in [0.5, 0.6) is 0 Å². The molecule has 0 amide bonds. The summed E-state index contributed by atoms with van der Waals surface area (Å²) in [5.74, 6) is 0. The van der Waals surface area contributed by atoms with Crippen LogP contribution in [0.2, 0.25) is 0 Å². The van der Waals surface area contributed by atoms with Crippen LogP contribution in [0.25, 0.3) is 0 Å². The van der Waals surface area contributed by atoms with Crippen molar-refractivity contribution in [1.29, 1.82) is 0 Å². The summed E-state index contributed by atoms with van der Waals surface area (Å²) in [5, 5.41) is 1.19. The molecule has 88 valence electrons. The van der Waals surface area contributed by atoms with Gasteiger partial charge in [-0.25, -0.2) is 0 Å². The van der Waals surface area contributed by atoms with Crippen LogP contribution >= 0.6 is 15.9 Å². The van der Waals surface area contributed by atoms with Gasteiger partial charge < -0.3 is 4.90 Å². The van der Waals surface area contributed by atoms with Crippen molar-refractivity contribution in [3.8, 4) is 0 Å². The molecule has 0 aromatic rings. The van der Waals surface area contributed by atoms with E-state index < -0.39 is 0 Å². The molecule has 1 heterocycles. The second kappa shape index (κ2) is 4.72. The summed E-state index contributed by atoms with van der Waals surface area (Å²) in [6.45, 7) is 7.41. The lowest BCUT2D eigenvalue weighted by Crippen LogP contribution is -2.55. The minimum absolute atomic E-state index is 0.615. The Kier molecular flexibility index (Phi) is 3.74. The molecule has 2 aliphatic rings. The van der Waals surface area contributed by atoms with Gasteiger partial charge in [0, 0.05) is 37.6 Å². The van der Waals surface area contributed by atoms with E-state index in [9.17, 15) is 0 Å². The van der Waals surface area contributed by atoms with E-state index in [0.717, 1.165) is 6.04 Å². The maximum Gasteiger partial charge on any atom is 0.0195 e. The molecule has 3 heteroatoms. The summed E-state index contributed by atoms with van der Waals surface area (Å²) in [4.78, 5) is 5.14. The molecule has 0 spiro atoms. The van der Waals surface area contributed by atoms with E-state index in [0.29, 0.717) is 5.41 Å². The molecule has 0 radical (unpaired) electrons. The average Bonchev–Trinajstić information content (AvgIpc) is 2.14. The van der Waals surface area contributed by atoms with Crippen LogP contribution < -0.4 is 0 Å². The normalized spacial score (nSPS) is 32.6. The molecule has 1 atom stereocenters. The summed E-state index contributed by atoms with van der Waals surface area (Å²) >= 11 is 3.70. The van der Waals surface area contributed by atoms with Crippen molar-refractivity contribution in [3.63, 3.8) is 0 Å². The molecule has 1 unspecified atom stereocenters. The van der Waals surface area contributed by atoms with E-state index in [2.05, 4.69) is 39.7 Å². The van der Waals surface area contributed by atoms with Gasteiger partial charge in [-0.15, -0.1) is 0 Å². The van der Waals surface area contributed by atoms with Crippen molar-refractivity contribution < 1.29 is 0 Å². The van der Waals surface area contributed by atoms with Gasteiger partial charge in [0.05, 0.1) is 0 Å². The van der Waals surface area contributed by atoms with E-state index in [-0.39, 0.29) is 0 Å². The van der Waals surface area contributed by atoms with Gasteiger partial charge in [0.2, 0.25) is 0 Å². The predicted octanol–water partition coefficient (Wildman–Crippen LogP) is 2.19. The fraction of sp³-hybridized carbons (Fsp3) is 1.00. The maximum absolute atomic E-state index is 3.70. The Morgan fingerprint density at radius 3 is 2.53 bits per heavy atom. The Morgan fingerprint density at radius 1 is 1.33 bits per heavy atom. The number of hydrogen-bond acceptors (Lipinski definition) is 2. The molecule has 0 aromatic heterocycles. The van der Waals surface area contributed by atoms with Crippen molar-refractivity contribution in [2.24, 2.45) is 5.41 Å². The standard InChI is InChI=1S/C12H23BrN2/c1-11-8-14(2)6-7-15(11)10-12(9-13)4-3-5-12/h11H,3-10H2,1-2H3. The number of rotatable bonds is 3. The first-order valence-corrected chi connectivity index (χ1v) is 7.26. The van der Waals surface area contributed by atoms with Crippen molar-refractivity contribution in [1.82, 2.24) is 9.80 Å². The summed E-state index contributed by atoms with van der Waals surface area (Å²) in [6, 6.07) is 0.736. The Balaban J connectivity index is 1.88. The number of piperazine rings is 1. The monoisotopic (exact) mass is 274 g/mol. The van der Waals surface area contributed by atoms with Crippen molar-refractivity contribution in [3.05, 3.63) is 0 Å². The number of hydrogen-bond donors (Lipinski definition) is 0. The van der Waals surface area contributed by atoms with E-state index in [1.54, 1.807) is 0 Å². The molecule has 0 N–H and O–H groups in total. The number of alkyl halides is 1. The fourth-order valence-electron chi connectivity index (χ4n) is 2.85. The third-order valence-corrected chi connectivity index (χ3v) is 5.39. The molecule has 2 nitrogen and oxygen atoms in total. The lowest BCUT2D eigenvalue weighted by Gasteiger charge is -2.48. The zero-order valence-corrected chi connectivity index (χ0v) is 11.6. The van der Waals surface area contributed by atoms with Gasteiger partial charge in [0.1, 0.15) is 0 Å². The first-order valence-electron chi connectivity index (χ1n) is 6.14. The largest absolute Gasteiger partial charge is 0.304 e. The first kappa shape index (κ1) is 11.9. The minimum atomic E-state index is 0.615. The number of nitrogens with zero attached hydrogens (tertiary/aromatic N) is 2. The Bertz CT molecular complexity index is 210. The van der Waals surface area contributed by atoms with Crippen LogP contribution in [0.3, 0.4) is 0 Å². The van der Waals surface area contributed by atoms with Crippen LogP contribution in [0, 0.1) is 5.41 Å². The average molecular weight is 275 g/mol. The fourth-order valence-corrected chi connectivity index (χ4v) is 3.59. The topological polar surface area (TPSA) is 6.48 Å². The highest BCUT2D eigenvalue weighted by atomic mass is 79.9. The second-order valence-electron chi connectivity index (χ2n) is 5.57. The zero-order valence-electron chi connectivity index (χ0n) is 10.0. The van der Waals surface area contributed by atoms with Gasteiger partial charge in [-0.05, 0) is 32.2 Å². The molecular weight excluding hydrogens is 252 g/mol. The first-order chi connectivity index (χ1) is 7.15. The highest BCUT2D eigenvalue weighted by Gasteiger charge is 2.38. The third-order valence-electron chi connectivity index (χ3n) is 4.20. The number of likely N-dealkylation sites (N-methyl/N-ethyl adjacent to an activating group) is 1. The molecule has 1 aliphatic carbocycles. The van der Waals surface area contributed by atoms with Gasteiger partial charge in [-0.1, -0.05) is 22.4 Å². The van der Waals surface area contributed by atoms with E-state index in [4.69, 9.17) is 0 Å². The molecule has 15 heavy (non-hydrogen) atoms. The van der Waals surface area contributed by atoms with Crippen molar-refractivity contribution >= 4 is 15.9 Å². The van der Waals surface area contributed by atoms with Crippen LogP contribution in [0.4, 0.5) is 0 Å². The van der Waals surface area contributed by atoms with Crippen molar-refractivity contribution in [2.75, 3.05) is 38.6 Å². The third kappa shape index (κ3) is 2.56. The molecule has 0 bridgehead atoms. The Morgan fingerprint density at radius 2 is 2.07 bits per heavy atom. The van der Waals surface area contributed by atoms with E-state index in [1.807, 2.05) is 0 Å². The molecule has 0 aromatic carbocycles. The van der Waals surface area contributed by atoms with Gasteiger partial charge in [0.15, 0.2) is 0 Å².